The van der Waals surface area contributed by atoms with E-state index in [1.54, 1.807) is 24.8 Å². The molecule has 5 N–H and O–H groups in total. The number of carbonyl (C=O) groups is 3. The molecule has 0 aliphatic carbocycles. The van der Waals surface area contributed by atoms with Crippen LogP contribution in [-0.4, -0.2) is 80.2 Å². The van der Waals surface area contributed by atoms with E-state index in [0.717, 1.165) is 24.2 Å². The number of carbonyl (C=O) groups excluding carboxylic acids is 3. The number of ether oxygens (including phenoxy) is 1. The highest BCUT2D eigenvalue weighted by atomic mass is 35.5. The maximum Gasteiger partial charge on any atom is 0.407 e. The third-order valence-corrected chi connectivity index (χ3v) is 8.86. The molecule has 2 aliphatic rings. The second-order valence-corrected chi connectivity index (χ2v) is 12.8. The molecule has 1 aromatic carbocycles. The third-order valence-electron chi connectivity index (χ3n) is 7.76. The Balaban J connectivity index is 0.000000237. The maximum absolute atomic E-state index is 12.4. The van der Waals surface area contributed by atoms with Crippen LogP contribution in [0.3, 0.4) is 0 Å². The number of nitrogens with zero attached hydrogens (tertiary/aromatic N) is 4. The van der Waals surface area contributed by atoms with Gasteiger partial charge in [-0.2, -0.15) is 0 Å². The number of nitrogens with two attached hydrogens (primary N) is 1. The fraction of sp³-hybridized carbons (Fsp3) is 0.406. The molecule has 2 unspecified atom stereocenters. The molecule has 2 saturated heterocycles. The van der Waals surface area contributed by atoms with Crippen LogP contribution >= 0.6 is 46.4 Å². The molecule has 0 radical (unpaired) electrons. The summed E-state index contributed by atoms with van der Waals surface area (Å²) in [5.74, 6) is -0.241. The van der Waals surface area contributed by atoms with Crippen LogP contribution < -0.4 is 31.5 Å². The first kappa shape index (κ1) is 37.3. The largest absolute Gasteiger partial charge is 0.445 e. The minimum atomic E-state index is -0.517. The van der Waals surface area contributed by atoms with Crippen molar-refractivity contribution in [3.8, 4) is 0 Å². The zero-order valence-corrected chi connectivity index (χ0v) is 29.2. The van der Waals surface area contributed by atoms with Crippen LogP contribution in [0.2, 0.25) is 20.1 Å². The van der Waals surface area contributed by atoms with Gasteiger partial charge in [-0.25, -0.2) is 4.79 Å². The average molecular weight is 741 g/mol. The Morgan fingerprint density at radius 1 is 0.729 bits per heavy atom. The number of amides is 3. The first-order chi connectivity index (χ1) is 23.2. The van der Waals surface area contributed by atoms with Crippen molar-refractivity contribution in [2.45, 2.75) is 19.4 Å². The van der Waals surface area contributed by atoms with Gasteiger partial charge in [0.1, 0.15) is 6.61 Å². The number of nitrogens with one attached hydrogen (secondary N) is 3. The summed E-state index contributed by atoms with van der Waals surface area (Å²) in [6.07, 6.45) is 7.17. The molecule has 12 nitrogen and oxygen atoms in total. The number of halogens is 4. The summed E-state index contributed by atoms with van der Waals surface area (Å²) in [4.78, 5) is 47.9. The second kappa shape index (κ2) is 18.8. The van der Waals surface area contributed by atoms with Gasteiger partial charge in [0.25, 0.3) is 0 Å². The van der Waals surface area contributed by atoms with Crippen LogP contribution in [0.15, 0.2) is 55.1 Å². The summed E-state index contributed by atoms with van der Waals surface area (Å²) in [7, 11) is 0. The zero-order valence-electron chi connectivity index (χ0n) is 26.1. The van der Waals surface area contributed by atoms with E-state index in [0.29, 0.717) is 71.5 Å². The highest BCUT2D eigenvalue weighted by Crippen LogP contribution is 2.37. The smallest absolute Gasteiger partial charge is 0.407 e. The molecule has 2 aromatic heterocycles. The molecule has 4 heterocycles. The molecule has 2 aliphatic heterocycles. The molecule has 0 saturated carbocycles. The summed E-state index contributed by atoms with van der Waals surface area (Å²) in [5, 5.41) is 10.2. The van der Waals surface area contributed by atoms with E-state index in [1.165, 1.54) is 0 Å². The fourth-order valence-electron chi connectivity index (χ4n) is 5.38. The number of anilines is 2. The van der Waals surface area contributed by atoms with Gasteiger partial charge in [-0.1, -0.05) is 76.7 Å². The molecule has 2 fully saturated rings. The summed E-state index contributed by atoms with van der Waals surface area (Å²) in [5.41, 5.74) is 7.75. The topological polar surface area (TPSA) is 155 Å². The molecule has 2 atom stereocenters. The van der Waals surface area contributed by atoms with E-state index < -0.39 is 6.09 Å². The number of pyridine rings is 2. The minimum absolute atomic E-state index is 0.0363. The van der Waals surface area contributed by atoms with Gasteiger partial charge in [0.15, 0.2) is 0 Å². The van der Waals surface area contributed by atoms with Crippen LogP contribution in [-0.2, 0) is 20.9 Å². The number of hydrogen-bond acceptors (Lipinski definition) is 9. The van der Waals surface area contributed by atoms with E-state index in [9.17, 15) is 14.4 Å². The number of alkyl carbamates (subject to hydrolysis) is 1. The number of benzene rings is 1. The van der Waals surface area contributed by atoms with Crippen molar-refractivity contribution in [3.63, 3.8) is 0 Å². The van der Waals surface area contributed by atoms with Crippen molar-refractivity contribution in [3.05, 3.63) is 80.8 Å². The summed E-state index contributed by atoms with van der Waals surface area (Å²) in [6.45, 7) is 4.36. The molecule has 16 heteroatoms. The van der Waals surface area contributed by atoms with Gasteiger partial charge in [-0.05, 0) is 18.4 Å². The Labute approximate surface area is 299 Å². The Morgan fingerprint density at radius 3 is 1.67 bits per heavy atom. The van der Waals surface area contributed by atoms with Gasteiger partial charge in [0.2, 0.25) is 11.8 Å². The van der Waals surface area contributed by atoms with E-state index in [2.05, 4.69) is 25.9 Å². The van der Waals surface area contributed by atoms with Gasteiger partial charge in [-0.3, -0.25) is 19.6 Å². The average Bonchev–Trinajstić information content (AvgIpc) is 3.76. The van der Waals surface area contributed by atoms with E-state index in [-0.39, 0.29) is 36.8 Å². The van der Waals surface area contributed by atoms with Crippen molar-refractivity contribution < 1.29 is 19.1 Å². The van der Waals surface area contributed by atoms with Gasteiger partial charge in [-0.15, -0.1) is 0 Å². The predicted molar refractivity (Wildman–Crippen MR) is 189 cm³/mol. The second-order valence-electron chi connectivity index (χ2n) is 11.1. The lowest BCUT2D eigenvalue weighted by Gasteiger charge is -2.21. The normalized spacial score (nSPS) is 16.9. The Morgan fingerprint density at radius 2 is 1.19 bits per heavy atom. The molecular weight excluding hydrogens is 702 g/mol. The van der Waals surface area contributed by atoms with E-state index in [1.807, 2.05) is 40.1 Å². The summed E-state index contributed by atoms with van der Waals surface area (Å²) < 4.78 is 5.12. The molecule has 5 rings (SSSR count). The summed E-state index contributed by atoms with van der Waals surface area (Å²) >= 11 is 24.6. The van der Waals surface area contributed by atoms with Crippen LogP contribution in [0.4, 0.5) is 16.2 Å². The first-order valence-corrected chi connectivity index (χ1v) is 17.0. The molecule has 258 valence electrons. The molecular formula is C32H38Cl4N8O4. The molecule has 0 spiro atoms. The molecule has 3 amide bonds. The Kier molecular flexibility index (Phi) is 14.6. The number of rotatable bonds is 11. The maximum atomic E-state index is 12.4. The Bertz CT molecular complexity index is 1500. The zero-order chi connectivity index (χ0) is 34.5. The quantitative estimate of drug-likeness (QED) is 0.208. The molecule has 0 bridgehead atoms. The van der Waals surface area contributed by atoms with Crippen molar-refractivity contribution in [2.24, 2.45) is 17.6 Å². The highest BCUT2D eigenvalue weighted by Gasteiger charge is 2.31. The SMILES string of the molecule is NCCNC(=O)C1CCN(c2c(Cl)cncc2Cl)C1.O=C(NCCNC(=O)C1CCN(c2c(Cl)cncc2Cl)C1)OCc1ccccc1. The molecule has 48 heavy (non-hydrogen) atoms. The first-order valence-electron chi connectivity index (χ1n) is 15.5. The van der Waals surface area contributed by atoms with Crippen LogP contribution in [0.25, 0.3) is 0 Å². The lowest BCUT2D eigenvalue weighted by molar-refractivity contribution is -0.125. The van der Waals surface area contributed by atoms with Crippen molar-refractivity contribution in [1.82, 2.24) is 25.9 Å². The van der Waals surface area contributed by atoms with Crippen LogP contribution in [0.5, 0.6) is 0 Å². The van der Waals surface area contributed by atoms with Gasteiger partial charge in [0, 0.05) is 77.1 Å². The van der Waals surface area contributed by atoms with E-state index in [4.69, 9.17) is 56.9 Å². The Hall–Kier alpha value is -3.55. The standard InChI is InChI=1S/C20H22Cl2N4O3.C12H16Cl2N4O/c21-16-10-23-11-17(22)18(16)26-9-6-15(12-26)19(27)24-7-8-25-20(28)29-13-14-4-2-1-3-5-14;13-9-5-16-6-10(14)11(9)18-4-1-8(7-18)12(19)17-3-2-15/h1-5,10-11,15H,6-9,12-13H2,(H,24,27)(H,25,28);5-6,8H,1-4,7,15H2,(H,17,19). The van der Waals surface area contributed by atoms with Crippen molar-refractivity contribution in [2.75, 3.05) is 62.2 Å². The lowest BCUT2D eigenvalue weighted by Crippen LogP contribution is -2.38. The van der Waals surface area contributed by atoms with Gasteiger partial charge in [0.05, 0.1) is 43.3 Å². The van der Waals surface area contributed by atoms with Crippen molar-refractivity contribution in [1.29, 1.82) is 0 Å². The summed E-state index contributed by atoms with van der Waals surface area (Å²) in [6, 6.07) is 9.42. The predicted octanol–water partition coefficient (Wildman–Crippen LogP) is 4.55. The van der Waals surface area contributed by atoms with E-state index >= 15 is 0 Å². The van der Waals surface area contributed by atoms with Gasteiger partial charge < -0.3 is 36.2 Å². The number of hydrogen-bond donors (Lipinski definition) is 4. The molecule has 3 aromatic rings. The minimum Gasteiger partial charge on any atom is -0.445 e. The monoisotopic (exact) mass is 738 g/mol. The lowest BCUT2D eigenvalue weighted by atomic mass is 10.1. The third kappa shape index (κ3) is 10.7. The van der Waals surface area contributed by atoms with Crippen LogP contribution in [0, 0.1) is 11.8 Å². The van der Waals surface area contributed by atoms with Crippen LogP contribution in [0.1, 0.15) is 18.4 Å². The fourth-order valence-corrected chi connectivity index (χ4v) is 6.58. The number of aromatic nitrogens is 2. The van der Waals surface area contributed by atoms with Crippen molar-refractivity contribution >= 4 is 75.7 Å². The highest BCUT2D eigenvalue weighted by molar-refractivity contribution is 6.39. The van der Waals surface area contributed by atoms with Gasteiger partial charge >= 0.3 is 6.09 Å².